The second-order valence-electron chi connectivity index (χ2n) is 8.44. The van der Waals surface area contributed by atoms with Crippen molar-refractivity contribution < 1.29 is 22.9 Å². The molecule has 0 heterocycles. The average Bonchev–Trinajstić information content (AvgIpc) is 2.85. The number of nitro groups is 1. The minimum absolute atomic E-state index is 0.00325. The van der Waals surface area contributed by atoms with Crippen LogP contribution in [-0.4, -0.2) is 62.0 Å². The summed E-state index contributed by atoms with van der Waals surface area (Å²) in [5.74, 6) is -0.867. The predicted octanol–water partition coefficient (Wildman–Crippen LogP) is 3.13. The van der Waals surface area contributed by atoms with Gasteiger partial charge in [-0.05, 0) is 30.9 Å². The lowest BCUT2D eigenvalue weighted by molar-refractivity contribution is -0.384. The summed E-state index contributed by atoms with van der Waals surface area (Å²) in [7, 11) is -3.96. The zero-order valence-corrected chi connectivity index (χ0v) is 21.7. The second-order valence-corrected chi connectivity index (χ2v) is 10.3. The van der Waals surface area contributed by atoms with Gasteiger partial charge in [0, 0.05) is 25.2 Å². The molecule has 2 aromatic rings. The molecule has 0 aliphatic heterocycles. The summed E-state index contributed by atoms with van der Waals surface area (Å²) in [5, 5.41) is 14.1. The molecule has 0 unspecified atom stereocenters. The Balaban J connectivity index is 2.37. The SMILES string of the molecule is CCCCNC(=O)[C@@H](CC)N(CCc1ccccc1)C(=O)CN(c1cccc([N+](=O)[O-])c1)S(C)(=O)=O. The van der Waals surface area contributed by atoms with E-state index in [9.17, 15) is 28.1 Å². The molecule has 2 rings (SSSR count). The lowest BCUT2D eigenvalue weighted by Crippen LogP contribution is -2.53. The first-order valence-electron chi connectivity index (χ1n) is 11.9. The van der Waals surface area contributed by atoms with E-state index in [4.69, 9.17) is 0 Å². The number of unbranched alkanes of at least 4 members (excludes halogenated alkanes) is 1. The molecule has 0 saturated carbocycles. The lowest BCUT2D eigenvalue weighted by Gasteiger charge is -2.32. The number of hydrogen-bond acceptors (Lipinski definition) is 6. The molecule has 0 fully saturated rings. The number of nitrogens with zero attached hydrogens (tertiary/aromatic N) is 3. The highest BCUT2D eigenvalue weighted by Crippen LogP contribution is 2.23. The quantitative estimate of drug-likeness (QED) is 0.232. The van der Waals surface area contributed by atoms with Crippen LogP contribution in [0.1, 0.15) is 38.7 Å². The number of benzene rings is 2. The summed E-state index contributed by atoms with van der Waals surface area (Å²) in [6.45, 7) is 3.90. The van der Waals surface area contributed by atoms with Gasteiger partial charge in [0.2, 0.25) is 21.8 Å². The summed E-state index contributed by atoms with van der Waals surface area (Å²) in [6.07, 6.45) is 3.45. The van der Waals surface area contributed by atoms with E-state index in [2.05, 4.69) is 5.32 Å². The van der Waals surface area contributed by atoms with Crippen molar-refractivity contribution in [1.82, 2.24) is 10.2 Å². The maximum absolute atomic E-state index is 13.6. The minimum Gasteiger partial charge on any atom is -0.354 e. The summed E-state index contributed by atoms with van der Waals surface area (Å²) >= 11 is 0. The topological polar surface area (TPSA) is 130 Å². The monoisotopic (exact) mass is 518 g/mol. The van der Waals surface area contributed by atoms with Gasteiger partial charge in [0.25, 0.3) is 5.69 Å². The lowest BCUT2D eigenvalue weighted by atomic mass is 10.1. The van der Waals surface area contributed by atoms with Gasteiger partial charge >= 0.3 is 0 Å². The molecule has 2 aromatic carbocycles. The van der Waals surface area contributed by atoms with Crippen LogP contribution in [0.2, 0.25) is 0 Å². The smallest absolute Gasteiger partial charge is 0.271 e. The largest absolute Gasteiger partial charge is 0.354 e. The molecule has 196 valence electrons. The summed E-state index contributed by atoms with van der Waals surface area (Å²) in [6, 6.07) is 13.8. The van der Waals surface area contributed by atoms with E-state index in [-0.39, 0.29) is 23.8 Å². The Hall–Kier alpha value is -3.47. The number of anilines is 1. The Bertz CT molecular complexity index is 1140. The van der Waals surface area contributed by atoms with Crippen LogP contribution in [-0.2, 0) is 26.0 Å². The highest BCUT2D eigenvalue weighted by molar-refractivity contribution is 7.92. The fraction of sp³-hybridized carbons (Fsp3) is 0.440. The molecule has 0 saturated heterocycles. The third-order valence-corrected chi connectivity index (χ3v) is 6.85. The molecule has 11 heteroatoms. The van der Waals surface area contributed by atoms with Crippen LogP contribution in [0.25, 0.3) is 0 Å². The Morgan fingerprint density at radius 3 is 2.36 bits per heavy atom. The van der Waals surface area contributed by atoms with Gasteiger partial charge in [0.1, 0.15) is 12.6 Å². The van der Waals surface area contributed by atoms with Crippen molar-refractivity contribution in [3.8, 4) is 0 Å². The molecule has 2 amide bonds. The van der Waals surface area contributed by atoms with Crippen molar-refractivity contribution in [3.05, 3.63) is 70.3 Å². The van der Waals surface area contributed by atoms with Gasteiger partial charge in [-0.15, -0.1) is 0 Å². The molecule has 1 N–H and O–H groups in total. The molecule has 1 atom stereocenters. The average molecular weight is 519 g/mol. The van der Waals surface area contributed by atoms with Crippen LogP contribution in [0.5, 0.6) is 0 Å². The minimum atomic E-state index is -3.96. The molecule has 0 bridgehead atoms. The molecule has 0 aliphatic rings. The highest BCUT2D eigenvalue weighted by Gasteiger charge is 2.31. The van der Waals surface area contributed by atoms with Crippen LogP contribution in [0.15, 0.2) is 54.6 Å². The zero-order valence-electron chi connectivity index (χ0n) is 20.9. The molecule has 0 aromatic heterocycles. The van der Waals surface area contributed by atoms with Crippen molar-refractivity contribution in [3.63, 3.8) is 0 Å². The Kier molecular flexibility index (Phi) is 10.8. The van der Waals surface area contributed by atoms with Crippen LogP contribution in [0.4, 0.5) is 11.4 Å². The van der Waals surface area contributed by atoms with Crippen molar-refractivity contribution in [2.75, 3.05) is 30.2 Å². The number of carbonyl (C=O) groups is 2. The van der Waals surface area contributed by atoms with Crippen LogP contribution in [0, 0.1) is 10.1 Å². The van der Waals surface area contributed by atoms with Gasteiger partial charge in [-0.1, -0.05) is 56.7 Å². The Labute approximate surface area is 212 Å². The fourth-order valence-electron chi connectivity index (χ4n) is 3.78. The molecular formula is C25H34N4O6S. The number of non-ortho nitro benzene ring substituents is 1. The van der Waals surface area contributed by atoms with Gasteiger partial charge < -0.3 is 10.2 Å². The standard InChI is InChI=1S/C25H34N4O6S/c1-4-6-16-26-25(31)23(5-2)27(17-15-20-11-8-7-9-12-20)24(30)19-28(36(3,34)35)21-13-10-14-22(18-21)29(32)33/h7-14,18,23H,4-6,15-17,19H2,1-3H3,(H,26,31)/t23-/m1/s1. The van der Waals surface area contributed by atoms with Gasteiger partial charge in [-0.2, -0.15) is 0 Å². The number of nitrogens with one attached hydrogen (secondary N) is 1. The molecular weight excluding hydrogens is 484 g/mol. The first-order valence-corrected chi connectivity index (χ1v) is 13.8. The number of hydrogen-bond donors (Lipinski definition) is 1. The third kappa shape index (κ3) is 8.33. The summed E-state index contributed by atoms with van der Waals surface area (Å²) in [5.41, 5.74) is 0.676. The van der Waals surface area contributed by atoms with Crippen LogP contribution in [0.3, 0.4) is 0 Å². The van der Waals surface area contributed by atoms with Gasteiger partial charge in [0.15, 0.2) is 0 Å². The van der Waals surface area contributed by atoms with Gasteiger partial charge in [-0.25, -0.2) is 8.42 Å². The maximum atomic E-state index is 13.6. The molecule has 36 heavy (non-hydrogen) atoms. The van der Waals surface area contributed by atoms with E-state index in [1.54, 1.807) is 6.92 Å². The summed E-state index contributed by atoms with van der Waals surface area (Å²) in [4.78, 5) is 38.5. The number of nitro benzene ring substituents is 1. The number of sulfonamides is 1. The van der Waals surface area contributed by atoms with E-state index in [0.29, 0.717) is 19.4 Å². The fourth-order valence-corrected chi connectivity index (χ4v) is 4.62. The number of carbonyl (C=O) groups excluding carboxylic acids is 2. The van der Waals surface area contributed by atoms with Crippen LogP contribution >= 0.6 is 0 Å². The summed E-state index contributed by atoms with van der Waals surface area (Å²) < 4.78 is 26.0. The van der Waals surface area contributed by atoms with Crippen molar-refractivity contribution in [2.45, 2.75) is 45.6 Å². The molecule has 0 radical (unpaired) electrons. The second kappa shape index (κ2) is 13.6. The number of amides is 2. The van der Waals surface area contributed by atoms with Crippen molar-refractivity contribution in [1.29, 1.82) is 0 Å². The first-order chi connectivity index (χ1) is 17.1. The molecule has 10 nitrogen and oxygen atoms in total. The Morgan fingerprint density at radius 1 is 1.08 bits per heavy atom. The van der Waals surface area contributed by atoms with Crippen molar-refractivity contribution >= 4 is 33.2 Å². The zero-order chi connectivity index (χ0) is 26.7. The number of rotatable bonds is 14. The van der Waals surface area contributed by atoms with Crippen LogP contribution < -0.4 is 9.62 Å². The van der Waals surface area contributed by atoms with Crippen molar-refractivity contribution in [2.24, 2.45) is 0 Å². The van der Waals surface area contributed by atoms with Gasteiger partial charge in [-0.3, -0.25) is 24.0 Å². The third-order valence-electron chi connectivity index (χ3n) is 5.71. The highest BCUT2D eigenvalue weighted by atomic mass is 32.2. The molecule has 0 aliphatic carbocycles. The van der Waals surface area contributed by atoms with Gasteiger partial charge in [0.05, 0.1) is 16.9 Å². The van der Waals surface area contributed by atoms with E-state index in [1.807, 2.05) is 37.3 Å². The molecule has 0 spiro atoms. The Morgan fingerprint density at radius 2 is 1.78 bits per heavy atom. The van der Waals surface area contributed by atoms with E-state index < -0.39 is 33.4 Å². The normalized spacial score (nSPS) is 12.0. The predicted molar refractivity (Wildman–Crippen MR) is 139 cm³/mol. The maximum Gasteiger partial charge on any atom is 0.271 e. The van der Waals surface area contributed by atoms with E-state index in [0.717, 1.165) is 35.0 Å². The van der Waals surface area contributed by atoms with E-state index >= 15 is 0 Å². The van der Waals surface area contributed by atoms with E-state index in [1.165, 1.54) is 23.1 Å². The first kappa shape index (κ1) is 28.8.